The second-order valence-electron chi connectivity index (χ2n) is 8.50. The second-order valence-corrected chi connectivity index (χ2v) is 11.4. The van der Waals surface area contributed by atoms with Gasteiger partial charge in [-0.3, -0.25) is 14.4 Å². The number of hydrogen-bond donors (Lipinski definition) is 5. The van der Waals surface area contributed by atoms with E-state index in [-0.39, 0.29) is 37.3 Å². The highest BCUT2D eigenvalue weighted by atomic mass is 79.9. The average molecular weight is 642 g/mol. The summed E-state index contributed by atoms with van der Waals surface area (Å²) in [5.74, 6) is -0.998. The van der Waals surface area contributed by atoms with Crippen LogP contribution in [0, 0.1) is 0 Å². The van der Waals surface area contributed by atoms with Gasteiger partial charge in [0, 0.05) is 28.5 Å². The fourth-order valence-corrected chi connectivity index (χ4v) is 5.65. The number of benzene rings is 2. The minimum Gasteiger partial charge on any atom is -0.506 e. The number of thiophene rings is 2. The first kappa shape index (κ1) is 29.2. The molecule has 0 fully saturated rings. The van der Waals surface area contributed by atoms with E-state index in [2.05, 4.69) is 37.1 Å². The Morgan fingerprint density at radius 1 is 0.900 bits per heavy atom. The maximum absolute atomic E-state index is 12.6. The van der Waals surface area contributed by atoms with Gasteiger partial charge in [0.2, 0.25) is 0 Å². The maximum atomic E-state index is 12.6. The van der Waals surface area contributed by atoms with Crippen LogP contribution < -0.4 is 16.1 Å². The maximum Gasteiger partial charge on any atom is 0.281 e. The molecule has 0 spiro atoms. The van der Waals surface area contributed by atoms with E-state index in [4.69, 9.17) is 5.11 Å². The van der Waals surface area contributed by atoms with Crippen molar-refractivity contribution in [1.29, 1.82) is 0 Å². The van der Waals surface area contributed by atoms with E-state index in [1.54, 1.807) is 48.7 Å². The molecule has 4 rings (SSSR count). The first-order chi connectivity index (χ1) is 19.3. The Hall–Kier alpha value is -3.84. The summed E-state index contributed by atoms with van der Waals surface area (Å²) >= 11 is 5.81. The van der Waals surface area contributed by atoms with Gasteiger partial charge in [-0.15, -0.1) is 22.7 Å². The van der Waals surface area contributed by atoms with Gasteiger partial charge < -0.3 is 20.8 Å². The van der Waals surface area contributed by atoms with Gasteiger partial charge in [-0.25, -0.2) is 5.43 Å². The van der Waals surface area contributed by atoms with Crippen molar-refractivity contribution in [1.82, 2.24) is 16.1 Å². The standard InChI is InChI=1S/C28H25BrN4O5S2/c1-16(21-15-39-25(24(21)35)18-6-8-20(29)9-7-18)32-33-28(38)23-11-10-22(40-23)27(37)31-14-17-2-4-19(5-3-17)26(36)30-12-13-34/h2-11,15,34-35H,12-14H2,1H3,(H,30,36)(H,31,37)(H,33,38). The number of carbonyl (C=O) groups is 3. The molecule has 40 heavy (non-hydrogen) atoms. The molecule has 3 amide bonds. The number of carbonyl (C=O) groups excluding carboxylic acids is 3. The first-order valence-corrected chi connectivity index (χ1v) is 14.5. The number of aliphatic hydroxyl groups excluding tert-OH is 1. The van der Waals surface area contributed by atoms with Gasteiger partial charge >= 0.3 is 0 Å². The first-order valence-electron chi connectivity index (χ1n) is 12.0. The van der Waals surface area contributed by atoms with E-state index in [0.717, 1.165) is 26.9 Å². The third kappa shape index (κ3) is 7.21. The van der Waals surface area contributed by atoms with Crippen LogP contribution in [0.1, 0.15) is 47.8 Å². The summed E-state index contributed by atoms with van der Waals surface area (Å²) < 4.78 is 0.940. The molecule has 0 aliphatic carbocycles. The number of rotatable bonds is 10. The molecule has 2 aromatic heterocycles. The molecule has 2 aromatic carbocycles. The van der Waals surface area contributed by atoms with Crippen LogP contribution in [0.15, 0.2) is 75.6 Å². The van der Waals surface area contributed by atoms with Crippen LogP contribution in [0.3, 0.4) is 0 Å². The summed E-state index contributed by atoms with van der Waals surface area (Å²) in [7, 11) is 0. The largest absolute Gasteiger partial charge is 0.506 e. The number of halogens is 1. The number of amides is 3. The van der Waals surface area contributed by atoms with Crippen LogP contribution in [0.4, 0.5) is 0 Å². The van der Waals surface area contributed by atoms with Gasteiger partial charge in [-0.2, -0.15) is 5.10 Å². The number of hydrazone groups is 1. The molecule has 4 aromatic rings. The van der Waals surface area contributed by atoms with Crippen molar-refractivity contribution in [3.8, 4) is 16.2 Å². The number of aromatic hydroxyl groups is 1. The molecular weight excluding hydrogens is 616 g/mol. The lowest BCUT2D eigenvalue weighted by Crippen LogP contribution is -2.26. The van der Waals surface area contributed by atoms with Gasteiger partial charge in [-0.05, 0) is 54.4 Å². The molecule has 0 saturated carbocycles. The van der Waals surface area contributed by atoms with E-state index in [9.17, 15) is 19.5 Å². The Morgan fingerprint density at radius 2 is 1.57 bits per heavy atom. The molecule has 12 heteroatoms. The Labute approximate surface area is 246 Å². The predicted octanol–water partition coefficient (Wildman–Crippen LogP) is 4.75. The Kier molecular flexibility index (Phi) is 9.83. The van der Waals surface area contributed by atoms with Crippen molar-refractivity contribution in [3.05, 3.63) is 97.0 Å². The van der Waals surface area contributed by atoms with Crippen molar-refractivity contribution in [2.75, 3.05) is 13.2 Å². The van der Waals surface area contributed by atoms with Crippen molar-refractivity contribution in [2.45, 2.75) is 13.5 Å². The summed E-state index contributed by atoms with van der Waals surface area (Å²) in [5, 5.41) is 30.8. The van der Waals surface area contributed by atoms with Crippen LogP contribution in [0.5, 0.6) is 5.75 Å². The van der Waals surface area contributed by atoms with Gasteiger partial charge in [0.1, 0.15) is 5.75 Å². The third-order valence-electron chi connectivity index (χ3n) is 5.71. The lowest BCUT2D eigenvalue weighted by Gasteiger charge is -2.06. The molecule has 0 unspecified atom stereocenters. The van der Waals surface area contributed by atoms with Gasteiger partial charge in [-0.1, -0.05) is 40.2 Å². The SMILES string of the molecule is CC(=NNC(=O)c1ccc(C(=O)NCc2ccc(C(=O)NCCO)cc2)s1)c1csc(-c2ccc(Br)cc2)c1O. The number of hydrogen-bond acceptors (Lipinski definition) is 8. The summed E-state index contributed by atoms with van der Waals surface area (Å²) in [6.45, 7) is 1.97. The normalized spacial score (nSPS) is 11.2. The molecule has 2 heterocycles. The highest BCUT2D eigenvalue weighted by Crippen LogP contribution is 2.39. The van der Waals surface area contributed by atoms with Crippen LogP contribution in [-0.2, 0) is 6.54 Å². The lowest BCUT2D eigenvalue weighted by molar-refractivity contribution is 0.0939. The summed E-state index contributed by atoms with van der Waals surface area (Å²) in [5.41, 5.74) is 5.57. The van der Waals surface area contributed by atoms with Crippen LogP contribution in [0.2, 0.25) is 0 Å². The zero-order chi connectivity index (χ0) is 28.6. The minimum atomic E-state index is -0.471. The Balaban J connectivity index is 1.32. The lowest BCUT2D eigenvalue weighted by atomic mass is 10.1. The predicted molar refractivity (Wildman–Crippen MR) is 160 cm³/mol. The Bertz CT molecular complexity index is 1550. The van der Waals surface area contributed by atoms with Crippen molar-refractivity contribution in [2.24, 2.45) is 5.10 Å². The van der Waals surface area contributed by atoms with Crippen molar-refractivity contribution in [3.63, 3.8) is 0 Å². The van der Waals surface area contributed by atoms with Crippen LogP contribution >= 0.6 is 38.6 Å². The summed E-state index contributed by atoms with van der Waals surface area (Å²) in [4.78, 5) is 38.5. The molecule has 0 bridgehead atoms. The molecular formula is C28H25BrN4O5S2. The second kappa shape index (κ2) is 13.5. The van der Waals surface area contributed by atoms with E-state index in [0.29, 0.717) is 31.5 Å². The average Bonchev–Trinajstić information content (AvgIpc) is 3.61. The fraction of sp³-hybridized carbons (Fsp3) is 0.143. The minimum absolute atomic E-state index is 0.0949. The van der Waals surface area contributed by atoms with Crippen LogP contribution in [0.25, 0.3) is 10.4 Å². The molecule has 0 aliphatic heterocycles. The van der Waals surface area contributed by atoms with Crippen molar-refractivity contribution < 1.29 is 24.6 Å². The quantitative estimate of drug-likeness (QED) is 0.126. The molecule has 0 saturated heterocycles. The molecule has 0 radical (unpaired) electrons. The highest BCUT2D eigenvalue weighted by Gasteiger charge is 2.17. The van der Waals surface area contributed by atoms with Crippen molar-refractivity contribution >= 4 is 62.0 Å². The number of aliphatic hydroxyl groups is 1. The summed E-state index contributed by atoms with van der Waals surface area (Å²) in [6.07, 6.45) is 0. The molecule has 206 valence electrons. The third-order valence-corrected chi connectivity index (χ3v) is 8.34. The highest BCUT2D eigenvalue weighted by molar-refractivity contribution is 9.10. The summed E-state index contributed by atoms with van der Waals surface area (Å²) in [6, 6.07) is 17.4. The van der Waals surface area contributed by atoms with Gasteiger partial charge in [0.25, 0.3) is 17.7 Å². The zero-order valence-electron chi connectivity index (χ0n) is 21.2. The zero-order valence-corrected chi connectivity index (χ0v) is 24.5. The molecule has 9 nitrogen and oxygen atoms in total. The topological polar surface area (TPSA) is 140 Å². The number of nitrogens with zero attached hydrogens (tertiary/aromatic N) is 1. The van der Waals surface area contributed by atoms with Gasteiger partial charge in [0.15, 0.2) is 0 Å². The van der Waals surface area contributed by atoms with E-state index in [1.165, 1.54) is 11.3 Å². The van der Waals surface area contributed by atoms with Gasteiger partial charge in [0.05, 0.1) is 32.5 Å². The van der Waals surface area contributed by atoms with E-state index < -0.39 is 5.91 Å². The smallest absolute Gasteiger partial charge is 0.281 e. The van der Waals surface area contributed by atoms with Crippen LogP contribution in [-0.4, -0.2) is 46.8 Å². The van der Waals surface area contributed by atoms with E-state index in [1.807, 2.05) is 24.3 Å². The number of nitrogens with one attached hydrogen (secondary N) is 3. The molecule has 0 atom stereocenters. The monoisotopic (exact) mass is 640 g/mol. The van der Waals surface area contributed by atoms with E-state index >= 15 is 0 Å². The Morgan fingerprint density at radius 3 is 2.25 bits per heavy atom. The fourth-order valence-electron chi connectivity index (χ4n) is 3.56. The molecule has 5 N–H and O–H groups in total. The molecule has 0 aliphatic rings.